The fourth-order valence-corrected chi connectivity index (χ4v) is 1.11. The Balaban J connectivity index is 2.34. The number of aromatic nitrogens is 2. The van der Waals surface area contributed by atoms with Crippen molar-refractivity contribution in [2.24, 2.45) is 0 Å². The van der Waals surface area contributed by atoms with Gasteiger partial charge >= 0.3 is 0 Å². The maximum absolute atomic E-state index is 9.91. The van der Waals surface area contributed by atoms with Crippen molar-refractivity contribution in [3.63, 3.8) is 0 Å². The van der Waals surface area contributed by atoms with E-state index in [0.29, 0.717) is 5.69 Å². The van der Waals surface area contributed by atoms with Gasteiger partial charge in [-0.3, -0.25) is 5.10 Å². The summed E-state index contributed by atoms with van der Waals surface area (Å²) in [4.78, 5) is 0. The molecule has 0 spiro atoms. The number of nitrogens with one attached hydrogen (secondary N) is 2. The Morgan fingerprint density at radius 2 is 2.33 bits per heavy atom. The van der Waals surface area contributed by atoms with Gasteiger partial charge in [0, 0.05) is 6.20 Å². The van der Waals surface area contributed by atoms with Crippen LogP contribution in [0, 0.1) is 0 Å². The summed E-state index contributed by atoms with van der Waals surface area (Å²) in [5.41, 5.74) is -0.506. The number of H-pyrrole nitrogens is 1. The van der Waals surface area contributed by atoms with Crippen molar-refractivity contribution < 1.29 is 5.11 Å². The first-order valence-corrected chi connectivity index (χ1v) is 3.65. The van der Waals surface area contributed by atoms with Crippen molar-refractivity contribution in [1.82, 2.24) is 15.5 Å². The van der Waals surface area contributed by atoms with Crippen LogP contribution in [-0.2, 0) is 5.72 Å². The van der Waals surface area contributed by atoms with Crippen LogP contribution in [0.4, 0.5) is 0 Å². The molecule has 3 N–H and O–H groups in total. The molecule has 12 heavy (non-hydrogen) atoms. The zero-order chi connectivity index (χ0) is 8.44. The lowest BCUT2D eigenvalue weighted by molar-refractivity contribution is 0.0607. The Morgan fingerprint density at radius 1 is 1.42 bits per heavy atom. The monoisotopic (exact) mass is 163 g/mol. The summed E-state index contributed by atoms with van der Waals surface area (Å²) < 4.78 is 0. The summed E-state index contributed by atoms with van der Waals surface area (Å²) in [6.07, 6.45) is 8.52. The van der Waals surface area contributed by atoms with Crippen LogP contribution in [-0.4, -0.2) is 15.3 Å². The summed E-state index contributed by atoms with van der Waals surface area (Å²) >= 11 is 0. The molecule has 62 valence electrons. The highest BCUT2D eigenvalue weighted by Gasteiger charge is 2.26. The molecule has 0 fully saturated rings. The molecular formula is C8H9N3O. The molecule has 2 heterocycles. The van der Waals surface area contributed by atoms with Gasteiger partial charge in [-0.25, -0.2) is 0 Å². The highest BCUT2D eigenvalue weighted by Crippen LogP contribution is 2.18. The molecule has 0 aliphatic carbocycles. The Kier molecular flexibility index (Phi) is 1.48. The van der Waals surface area contributed by atoms with E-state index < -0.39 is 5.72 Å². The van der Waals surface area contributed by atoms with Gasteiger partial charge in [0.1, 0.15) is 0 Å². The van der Waals surface area contributed by atoms with Crippen molar-refractivity contribution in [1.29, 1.82) is 0 Å². The average molecular weight is 163 g/mol. The smallest absolute Gasteiger partial charge is 0.198 e. The predicted octanol–water partition coefficient (Wildman–Crippen LogP) is 0.228. The van der Waals surface area contributed by atoms with Gasteiger partial charge in [0.05, 0.1) is 5.69 Å². The fraction of sp³-hybridized carbons (Fsp3) is 0.125. The third-order valence-electron chi connectivity index (χ3n) is 1.76. The molecule has 4 nitrogen and oxygen atoms in total. The highest BCUT2D eigenvalue weighted by molar-refractivity contribution is 5.24. The molecule has 0 bridgehead atoms. The lowest BCUT2D eigenvalue weighted by atomic mass is 10.1. The standard InChI is InChI=1S/C8H9N3O/c12-8(4-1-2-5-9-8)7-3-6-10-11-7/h1-6,9,12H,(H,10,11). The van der Waals surface area contributed by atoms with Gasteiger partial charge in [0.15, 0.2) is 5.72 Å². The lowest BCUT2D eigenvalue weighted by Gasteiger charge is -2.25. The van der Waals surface area contributed by atoms with E-state index >= 15 is 0 Å². The first-order valence-electron chi connectivity index (χ1n) is 3.65. The van der Waals surface area contributed by atoms with Crippen LogP contribution in [0.15, 0.2) is 36.7 Å². The number of dihydropyridines is 1. The Labute approximate surface area is 69.6 Å². The molecule has 0 saturated carbocycles. The van der Waals surface area contributed by atoms with E-state index in [2.05, 4.69) is 15.5 Å². The van der Waals surface area contributed by atoms with Crippen LogP contribution >= 0.6 is 0 Å². The van der Waals surface area contributed by atoms with E-state index in [9.17, 15) is 5.11 Å². The van der Waals surface area contributed by atoms with Gasteiger partial charge in [-0.1, -0.05) is 6.08 Å². The molecule has 1 atom stereocenters. The van der Waals surface area contributed by atoms with Crippen LogP contribution in [0.3, 0.4) is 0 Å². The van der Waals surface area contributed by atoms with E-state index in [1.807, 2.05) is 6.08 Å². The van der Waals surface area contributed by atoms with Crippen molar-refractivity contribution in [3.8, 4) is 0 Å². The molecule has 1 aliphatic rings. The number of nitrogens with zero attached hydrogens (tertiary/aromatic N) is 1. The van der Waals surface area contributed by atoms with Crippen molar-refractivity contribution >= 4 is 0 Å². The Morgan fingerprint density at radius 3 is 2.92 bits per heavy atom. The molecule has 1 aliphatic heterocycles. The molecular weight excluding hydrogens is 154 g/mol. The molecule has 4 heteroatoms. The second-order valence-electron chi connectivity index (χ2n) is 2.60. The van der Waals surface area contributed by atoms with Crippen LogP contribution in [0.5, 0.6) is 0 Å². The minimum absolute atomic E-state index is 0.628. The molecule has 1 aromatic heterocycles. The predicted molar refractivity (Wildman–Crippen MR) is 43.9 cm³/mol. The van der Waals surface area contributed by atoms with E-state index in [1.54, 1.807) is 30.6 Å². The van der Waals surface area contributed by atoms with E-state index in [4.69, 9.17) is 0 Å². The quantitative estimate of drug-likeness (QED) is 0.555. The topological polar surface area (TPSA) is 60.9 Å². The summed E-state index contributed by atoms with van der Waals surface area (Å²) in [5.74, 6) is 0. The Hall–Kier alpha value is -1.55. The minimum atomic E-state index is -1.13. The molecule has 1 unspecified atom stereocenters. The van der Waals surface area contributed by atoms with Gasteiger partial charge in [0.2, 0.25) is 0 Å². The molecule has 0 radical (unpaired) electrons. The summed E-state index contributed by atoms with van der Waals surface area (Å²) in [6, 6.07) is 1.72. The highest BCUT2D eigenvalue weighted by atomic mass is 16.3. The van der Waals surface area contributed by atoms with Crippen LogP contribution < -0.4 is 5.32 Å². The van der Waals surface area contributed by atoms with E-state index in [0.717, 1.165) is 0 Å². The first-order chi connectivity index (χ1) is 5.81. The van der Waals surface area contributed by atoms with E-state index in [-0.39, 0.29) is 0 Å². The van der Waals surface area contributed by atoms with E-state index in [1.165, 1.54) is 0 Å². The van der Waals surface area contributed by atoms with Crippen molar-refractivity contribution in [2.75, 3.05) is 0 Å². The number of aliphatic hydroxyl groups is 1. The van der Waals surface area contributed by atoms with Gasteiger partial charge < -0.3 is 10.4 Å². The summed E-state index contributed by atoms with van der Waals surface area (Å²) in [5, 5.41) is 19.2. The second-order valence-corrected chi connectivity index (χ2v) is 2.60. The maximum atomic E-state index is 9.91. The zero-order valence-corrected chi connectivity index (χ0v) is 6.36. The third-order valence-corrected chi connectivity index (χ3v) is 1.76. The molecule has 0 amide bonds. The molecule has 1 aromatic rings. The Bertz CT molecular complexity index is 315. The molecule has 0 saturated heterocycles. The number of hydrogen-bond acceptors (Lipinski definition) is 3. The normalized spacial score (nSPS) is 27.1. The third kappa shape index (κ3) is 1.02. The number of hydrogen-bond donors (Lipinski definition) is 3. The SMILES string of the molecule is OC1(c2ccn[nH]2)C=CC=CN1. The fourth-order valence-electron chi connectivity index (χ4n) is 1.11. The maximum Gasteiger partial charge on any atom is 0.198 e. The average Bonchev–Trinajstić information content (AvgIpc) is 2.58. The number of rotatable bonds is 1. The molecule has 0 aromatic carbocycles. The number of allylic oxidation sites excluding steroid dienone is 2. The molecule has 2 rings (SSSR count). The lowest BCUT2D eigenvalue weighted by Crippen LogP contribution is -2.38. The number of aromatic amines is 1. The zero-order valence-electron chi connectivity index (χ0n) is 6.36. The largest absolute Gasteiger partial charge is 0.363 e. The summed E-state index contributed by atoms with van der Waals surface area (Å²) in [6.45, 7) is 0. The minimum Gasteiger partial charge on any atom is -0.363 e. The van der Waals surface area contributed by atoms with Gasteiger partial charge in [0.25, 0.3) is 0 Å². The van der Waals surface area contributed by atoms with Crippen molar-refractivity contribution in [2.45, 2.75) is 5.72 Å². The second kappa shape index (κ2) is 2.49. The van der Waals surface area contributed by atoms with Crippen LogP contribution in [0.2, 0.25) is 0 Å². The van der Waals surface area contributed by atoms with Gasteiger partial charge in [-0.05, 0) is 24.4 Å². The first kappa shape index (κ1) is 7.12. The van der Waals surface area contributed by atoms with Crippen LogP contribution in [0.1, 0.15) is 5.69 Å². The van der Waals surface area contributed by atoms with Crippen LogP contribution in [0.25, 0.3) is 0 Å². The van der Waals surface area contributed by atoms with Gasteiger partial charge in [-0.2, -0.15) is 5.10 Å². The summed E-state index contributed by atoms with van der Waals surface area (Å²) in [7, 11) is 0. The van der Waals surface area contributed by atoms with Crippen molar-refractivity contribution in [3.05, 3.63) is 42.4 Å². The van der Waals surface area contributed by atoms with Gasteiger partial charge in [-0.15, -0.1) is 0 Å².